The van der Waals surface area contributed by atoms with Gasteiger partial charge in [0.25, 0.3) is 0 Å². The van der Waals surface area contributed by atoms with Gasteiger partial charge in [0, 0.05) is 35.3 Å². The number of likely N-dealkylation sites (tertiary alicyclic amines) is 1. The number of aryl methyl sites for hydroxylation is 1. The molecule has 0 aliphatic carbocycles. The number of hydrogen-bond acceptors (Lipinski definition) is 5. The summed E-state index contributed by atoms with van der Waals surface area (Å²) in [7, 11) is 0. The first-order valence-corrected chi connectivity index (χ1v) is 11.8. The number of fused-ring (bicyclic) bond motifs is 2. The van der Waals surface area contributed by atoms with Crippen molar-refractivity contribution in [2.24, 2.45) is 0 Å². The van der Waals surface area contributed by atoms with Crippen molar-refractivity contribution in [3.05, 3.63) is 33.3 Å². The fourth-order valence-corrected chi connectivity index (χ4v) is 6.12. The van der Waals surface area contributed by atoms with Crippen molar-refractivity contribution < 1.29 is 4.74 Å². The van der Waals surface area contributed by atoms with Crippen LogP contribution in [0.2, 0.25) is 0 Å². The molecule has 4 rings (SSSR count). The Morgan fingerprint density at radius 3 is 2.86 bits per heavy atom. The first-order valence-electron chi connectivity index (χ1n) is 11.0. The molecule has 2 aliphatic heterocycles. The van der Waals surface area contributed by atoms with Gasteiger partial charge in [0.2, 0.25) is 0 Å². The smallest absolute Gasteiger partial charge is 0.0969 e. The van der Waals surface area contributed by atoms with Crippen LogP contribution in [0.15, 0.2) is 12.3 Å². The van der Waals surface area contributed by atoms with E-state index in [9.17, 15) is 0 Å². The Labute approximate surface area is 173 Å². The highest BCUT2D eigenvalue weighted by Crippen LogP contribution is 2.46. The molecule has 2 aromatic heterocycles. The molecule has 2 aliphatic rings. The second-order valence-corrected chi connectivity index (χ2v) is 9.65. The van der Waals surface area contributed by atoms with Crippen LogP contribution in [-0.2, 0) is 29.7 Å². The summed E-state index contributed by atoms with van der Waals surface area (Å²) in [5.74, 6) is 0. The van der Waals surface area contributed by atoms with E-state index in [0.29, 0.717) is 12.1 Å². The van der Waals surface area contributed by atoms with E-state index in [1.165, 1.54) is 10.4 Å². The number of ether oxygens (including phenoxy) is 1. The summed E-state index contributed by atoms with van der Waals surface area (Å²) >= 11 is 2.00. The normalized spacial score (nSPS) is 25.5. The summed E-state index contributed by atoms with van der Waals surface area (Å²) in [6.45, 7) is 11.8. The predicted molar refractivity (Wildman–Crippen MR) is 114 cm³/mol. The zero-order valence-corrected chi connectivity index (χ0v) is 18.6. The lowest BCUT2D eigenvalue weighted by atomic mass is 9.79. The van der Waals surface area contributed by atoms with Crippen LogP contribution in [0.3, 0.4) is 0 Å². The van der Waals surface area contributed by atoms with Gasteiger partial charge in [-0.15, -0.1) is 16.4 Å². The van der Waals surface area contributed by atoms with Crippen molar-refractivity contribution in [2.75, 3.05) is 13.2 Å². The molecule has 1 saturated heterocycles. The number of rotatable bonds is 6. The summed E-state index contributed by atoms with van der Waals surface area (Å²) in [6, 6.07) is 3.37. The Morgan fingerprint density at radius 1 is 1.32 bits per heavy atom. The Morgan fingerprint density at radius 2 is 2.14 bits per heavy atom. The van der Waals surface area contributed by atoms with E-state index >= 15 is 0 Å². The third-order valence-electron chi connectivity index (χ3n) is 6.70. The summed E-state index contributed by atoms with van der Waals surface area (Å²) in [6.07, 6.45) is 8.70. The monoisotopic (exact) mass is 402 g/mol. The van der Waals surface area contributed by atoms with Crippen molar-refractivity contribution in [2.45, 2.75) is 90.4 Å². The molecule has 1 fully saturated rings. The minimum Gasteiger partial charge on any atom is -0.370 e. The molecule has 2 atom stereocenters. The number of piperidine rings is 1. The first kappa shape index (κ1) is 20.0. The van der Waals surface area contributed by atoms with Gasteiger partial charge in [-0.25, -0.2) is 4.68 Å². The Kier molecular flexibility index (Phi) is 5.91. The quantitative estimate of drug-likeness (QED) is 0.701. The molecule has 0 unspecified atom stereocenters. The van der Waals surface area contributed by atoms with Gasteiger partial charge in [0.1, 0.15) is 0 Å². The van der Waals surface area contributed by atoms with Crippen LogP contribution in [0.25, 0.3) is 0 Å². The largest absolute Gasteiger partial charge is 0.370 e. The van der Waals surface area contributed by atoms with E-state index in [1.807, 2.05) is 11.3 Å². The molecule has 154 valence electrons. The second-order valence-electron chi connectivity index (χ2n) is 8.43. The fourth-order valence-electron chi connectivity index (χ4n) is 4.95. The number of hydrogen-bond donors (Lipinski definition) is 0. The third kappa shape index (κ3) is 3.66. The molecule has 0 amide bonds. The van der Waals surface area contributed by atoms with Gasteiger partial charge < -0.3 is 4.74 Å². The maximum atomic E-state index is 6.47. The van der Waals surface area contributed by atoms with Crippen LogP contribution in [0.1, 0.15) is 80.4 Å². The number of thiophene rings is 1. The third-order valence-corrected chi connectivity index (χ3v) is 8.04. The second kappa shape index (κ2) is 8.25. The molecule has 1 spiro atoms. The van der Waals surface area contributed by atoms with Crippen LogP contribution < -0.4 is 0 Å². The Bertz CT molecular complexity index is 796. The van der Waals surface area contributed by atoms with Crippen molar-refractivity contribution in [3.63, 3.8) is 0 Å². The molecule has 0 bridgehead atoms. The van der Waals surface area contributed by atoms with E-state index in [-0.39, 0.29) is 5.60 Å². The predicted octanol–water partition coefficient (Wildman–Crippen LogP) is 4.72. The molecule has 0 N–H and O–H groups in total. The minimum atomic E-state index is -0.0689. The SMILES string of the molecule is CCc1cc2c(s1)CCO[C@@]21CCN(Cc2cn(C(CC)CC)nn2)[C@@H](C)C1. The highest BCUT2D eigenvalue weighted by molar-refractivity contribution is 7.12. The molecule has 0 aromatic carbocycles. The van der Waals surface area contributed by atoms with Crippen molar-refractivity contribution >= 4 is 11.3 Å². The summed E-state index contributed by atoms with van der Waals surface area (Å²) in [5.41, 5.74) is 2.51. The molecule has 0 saturated carbocycles. The standard InChI is InChI=1S/C22H34N4OS/c1-5-18(6-2)26-15-17(23-24-26)14-25-10-9-22(13-16(25)4)20-12-19(7-3)28-21(20)8-11-27-22/h12,15-16,18H,5-11,13-14H2,1-4H3/t16-,22+/m0/s1. The van der Waals surface area contributed by atoms with Crippen LogP contribution >= 0.6 is 11.3 Å². The molecule has 2 aromatic rings. The van der Waals surface area contributed by atoms with Gasteiger partial charge in [0.15, 0.2) is 0 Å². The Hall–Kier alpha value is -1.24. The van der Waals surface area contributed by atoms with E-state index in [4.69, 9.17) is 4.74 Å². The highest BCUT2D eigenvalue weighted by atomic mass is 32.1. The van der Waals surface area contributed by atoms with Gasteiger partial charge >= 0.3 is 0 Å². The summed E-state index contributed by atoms with van der Waals surface area (Å²) in [4.78, 5) is 5.62. The van der Waals surface area contributed by atoms with E-state index in [2.05, 4.69) is 59.9 Å². The van der Waals surface area contributed by atoms with Crippen LogP contribution in [0.4, 0.5) is 0 Å². The lowest BCUT2D eigenvalue weighted by molar-refractivity contribution is -0.112. The molecular formula is C22H34N4OS. The molecular weight excluding hydrogens is 368 g/mol. The van der Waals surface area contributed by atoms with Crippen molar-refractivity contribution in [1.29, 1.82) is 0 Å². The van der Waals surface area contributed by atoms with E-state index < -0.39 is 0 Å². The van der Waals surface area contributed by atoms with Gasteiger partial charge in [-0.2, -0.15) is 0 Å². The van der Waals surface area contributed by atoms with Gasteiger partial charge in [-0.1, -0.05) is 26.0 Å². The Balaban J connectivity index is 1.46. The average molecular weight is 403 g/mol. The topological polar surface area (TPSA) is 43.2 Å². The van der Waals surface area contributed by atoms with Gasteiger partial charge in [0.05, 0.1) is 30.1 Å². The van der Waals surface area contributed by atoms with Gasteiger partial charge in [-0.3, -0.25) is 4.90 Å². The first-order chi connectivity index (χ1) is 13.6. The zero-order chi connectivity index (χ0) is 19.7. The molecule has 6 heteroatoms. The maximum Gasteiger partial charge on any atom is 0.0969 e. The molecule has 28 heavy (non-hydrogen) atoms. The van der Waals surface area contributed by atoms with E-state index in [1.54, 1.807) is 4.88 Å². The maximum absolute atomic E-state index is 6.47. The van der Waals surface area contributed by atoms with Crippen molar-refractivity contribution in [1.82, 2.24) is 19.9 Å². The van der Waals surface area contributed by atoms with Crippen LogP contribution in [0, 0.1) is 0 Å². The average Bonchev–Trinajstić information content (AvgIpc) is 3.33. The molecule has 5 nitrogen and oxygen atoms in total. The van der Waals surface area contributed by atoms with Crippen molar-refractivity contribution in [3.8, 4) is 0 Å². The summed E-state index contributed by atoms with van der Waals surface area (Å²) in [5, 5.41) is 8.85. The van der Waals surface area contributed by atoms with Crippen LogP contribution in [-0.4, -0.2) is 39.1 Å². The highest BCUT2D eigenvalue weighted by Gasteiger charge is 2.44. The summed E-state index contributed by atoms with van der Waals surface area (Å²) < 4.78 is 8.53. The van der Waals surface area contributed by atoms with Gasteiger partial charge in [-0.05, 0) is 50.7 Å². The molecule has 4 heterocycles. The fraction of sp³-hybridized carbons (Fsp3) is 0.727. The molecule has 0 radical (unpaired) electrons. The minimum absolute atomic E-state index is 0.0689. The number of aromatic nitrogens is 3. The van der Waals surface area contributed by atoms with E-state index in [0.717, 1.165) is 63.9 Å². The lowest BCUT2D eigenvalue weighted by Gasteiger charge is -2.47. The van der Waals surface area contributed by atoms with Crippen LogP contribution in [0.5, 0.6) is 0 Å². The lowest BCUT2D eigenvalue weighted by Crippen LogP contribution is -2.50. The number of nitrogens with zero attached hydrogens (tertiary/aromatic N) is 4. The zero-order valence-electron chi connectivity index (χ0n) is 17.8.